The largest absolute Gasteiger partial charge is 0.354 e. The highest BCUT2D eigenvalue weighted by Gasteiger charge is 2.02. The highest BCUT2D eigenvalue weighted by molar-refractivity contribution is 9.10. The Kier molecular flexibility index (Phi) is 6.66. The maximum Gasteiger partial charge on any atom is 0.222 e. The molecule has 0 fully saturated rings. The van der Waals surface area contributed by atoms with E-state index in [0.717, 1.165) is 42.3 Å². The first-order valence-electron chi connectivity index (χ1n) is 8.75. The second-order valence-corrected chi connectivity index (χ2v) is 7.16. The van der Waals surface area contributed by atoms with E-state index < -0.39 is 0 Å². The second-order valence-electron chi connectivity index (χ2n) is 6.25. The fraction of sp³-hybridized carbons (Fsp3) is 0.300. The van der Waals surface area contributed by atoms with Gasteiger partial charge in [0.25, 0.3) is 0 Å². The first-order valence-corrected chi connectivity index (χ1v) is 9.55. The monoisotopic (exact) mass is 411 g/mol. The maximum absolute atomic E-state index is 4.48. The molecule has 0 unspecified atom stereocenters. The Labute approximate surface area is 162 Å². The van der Waals surface area contributed by atoms with Crippen molar-refractivity contribution >= 4 is 21.9 Å². The zero-order valence-electron chi connectivity index (χ0n) is 14.8. The normalized spacial score (nSPS) is 10.7. The van der Waals surface area contributed by atoms with E-state index in [2.05, 4.69) is 54.2 Å². The Bertz CT molecular complexity index is 821. The number of hydrogen-bond donors (Lipinski definition) is 1. The fourth-order valence-corrected chi connectivity index (χ4v) is 3.17. The van der Waals surface area contributed by atoms with Crippen LogP contribution in [0.15, 0.2) is 53.7 Å². The average molecular weight is 412 g/mol. The van der Waals surface area contributed by atoms with Crippen LogP contribution < -0.4 is 5.32 Å². The third-order valence-corrected chi connectivity index (χ3v) is 4.57. The van der Waals surface area contributed by atoms with E-state index in [-0.39, 0.29) is 0 Å². The van der Waals surface area contributed by atoms with Crippen LogP contribution in [0.2, 0.25) is 0 Å². The fourth-order valence-electron chi connectivity index (χ4n) is 2.72. The molecule has 0 saturated carbocycles. The molecule has 0 spiro atoms. The van der Waals surface area contributed by atoms with Gasteiger partial charge in [0, 0.05) is 54.1 Å². The van der Waals surface area contributed by atoms with Gasteiger partial charge < -0.3 is 5.32 Å². The van der Waals surface area contributed by atoms with Crippen LogP contribution in [0, 0.1) is 6.92 Å². The van der Waals surface area contributed by atoms with Gasteiger partial charge in [0.2, 0.25) is 5.95 Å². The van der Waals surface area contributed by atoms with Crippen molar-refractivity contribution in [2.75, 3.05) is 11.9 Å². The molecule has 0 radical (unpaired) electrons. The third kappa shape index (κ3) is 5.59. The van der Waals surface area contributed by atoms with Crippen LogP contribution in [0.3, 0.4) is 0 Å². The molecule has 0 bridgehead atoms. The summed E-state index contributed by atoms with van der Waals surface area (Å²) < 4.78 is 1.03. The number of anilines is 1. The second kappa shape index (κ2) is 9.38. The van der Waals surface area contributed by atoms with Crippen LogP contribution in [0.25, 0.3) is 0 Å². The number of aromatic nitrogens is 4. The van der Waals surface area contributed by atoms with Gasteiger partial charge in [-0.15, -0.1) is 0 Å². The molecule has 1 N–H and O–H groups in total. The predicted molar refractivity (Wildman–Crippen MR) is 107 cm³/mol. The quantitative estimate of drug-likeness (QED) is 0.557. The van der Waals surface area contributed by atoms with Crippen LogP contribution >= 0.6 is 15.9 Å². The zero-order chi connectivity index (χ0) is 18.2. The van der Waals surface area contributed by atoms with Gasteiger partial charge in [-0.3, -0.25) is 9.97 Å². The van der Waals surface area contributed by atoms with Gasteiger partial charge in [0.1, 0.15) is 0 Å². The van der Waals surface area contributed by atoms with Crippen LogP contribution in [0.4, 0.5) is 5.95 Å². The molecule has 6 heteroatoms. The Balaban J connectivity index is 1.39. The minimum absolute atomic E-state index is 0.682. The Morgan fingerprint density at radius 2 is 1.73 bits per heavy atom. The molecule has 0 amide bonds. The van der Waals surface area contributed by atoms with Crippen LogP contribution in [-0.2, 0) is 12.8 Å². The molecule has 0 aromatic carbocycles. The van der Waals surface area contributed by atoms with Gasteiger partial charge >= 0.3 is 0 Å². The van der Waals surface area contributed by atoms with E-state index in [1.54, 1.807) is 12.4 Å². The summed E-state index contributed by atoms with van der Waals surface area (Å²) in [5.41, 5.74) is 4.71. The molecule has 3 aromatic heterocycles. The number of nitrogens with one attached hydrogen (secondary N) is 1. The lowest BCUT2D eigenvalue weighted by molar-refractivity contribution is 0.741. The third-order valence-electron chi connectivity index (χ3n) is 4.14. The SMILES string of the molecule is Cc1cc(Br)cnc1CCCCNc1ncc(Cc2ccncc2)cn1. The summed E-state index contributed by atoms with van der Waals surface area (Å²) in [6, 6.07) is 6.13. The zero-order valence-corrected chi connectivity index (χ0v) is 16.4. The molecule has 3 aromatic rings. The summed E-state index contributed by atoms with van der Waals surface area (Å²) in [6.45, 7) is 2.96. The van der Waals surface area contributed by atoms with Gasteiger partial charge in [-0.25, -0.2) is 9.97 Å². The smallest absolute Gasteiger partial charge is 0.222 e. The number of halogens is 1. The van der Waals surface area contributed by atoms with Crippen molar-refractivity contribution in [3.8, 4) is 0 Å². The minimum Gasteiger partial charge on any atom is -0.354 e. The molecule has 26 heavy (non-hydrogen) atoms. The molecular weight excluding hydrogens is 390 g/mol. The highest BCUT2D eigenvalue weighted by atomic mass is 79.9. The summed E-state index contributed by atoms with van der Waals surface area (Å²) in [5, 5.41) is 3.29. The van der Waals surface area contributed by atoms with Crippen LogP contribution in [-0.4, -0.2) is 26.5 Å². The number of hydrogen-bond acceptors (Lipinski definition) is 5. The maximum atomic E-state index is 4.48. The van der Waals surface area contributed by atoms with Crippen molar-refractivity contribution in [3.63, 3.8) is 0 Å². The number of unbranched alkanes of at least 4 members (excludes halogenated alkanes) is 1. The molecule has 0 aliphatic carbocycles. The van der Waals surface area contributed by atoms with Crippen LogP contribution in [0.5, 0.6) is 0 Å². The number of nitrogens with zero attached hydrogens (tertiary/aromatic N) is 4. The highest BCUT2D eigenvalue weighted by Crippen LogP contribution is 2.15. The van der Waals surface area contributed by atoms with Crippen molar-refractivity contribution in [1.29, 1.82) is 0 Å². The van der Waals surface area contributed by atoms with E-state index in [9.17, 15) is 0 Å². The van der Waals surface area contributed by atoms with Crippen molar-refractivity contribution in [3.05, 3.63) is 76.0 Å². The summed E-state index contributed by atoms with van der Waals surface area (Å²) >= 11 is 3.45. The molecule has 0 aliphatic heterocycles. The molecule has 0 saturated heterocycles. The number of pyridine rings is 2. The predicted octanol–water partition coefficient (Wildman–Crippen LogP) is 4.36. The summed E-state index contributed by atoms with van der Waals surface area (Å²) in [5.74, 6) is 0.682. The molecule has 0 atom stereocenters. The van der Waals surface area contributed by atoms with Crippen LogP contribution in [0.1, 0.15) is 35.2 Å². The standard InChI is InChI=1S/C20H22BrN5/c1-15-10-18(21)14-24-19(15)4-2-3-7-23-20-25-12-17(13-26-20)11-16-5-8-22-9-6-16/h5-6,8-10,12-14H,2-4,7,11H2,1H3,(H,23,25,26). The first kappa shape index (κ1) is 18.5. The van der Waals surface area contributed by atoms with E-state index in [1.807, 2.05) is 30.7 Å². The van der Waals surface area contributed by atoms with E-state index in [4.69, 9.17) is 0 Å². The summed E-state index contributed by atoms with van der Waals surface area (Å²) in [4.78, 5) is 17.3. The molecular formula is C20H22BrN5. The lowest BCUT2D eigenvalue weighted by Gasteiger charge is -2.07. The molecule has 3 heterocycles. The Morgan fingerprint density at radius 3 is 2.46 bits per heavy atom. The minimum atomic E-state index is 0.682. The molecule has 5 nitrogen and oxygen atoms in total. The molecule has 3 rings (SSSR count). The van der Waals surface area contributed by atoms with E-state index in [0.29, 0.717) is 5.95 Å². The summed E-state index contributed by atoms with van der Waals surface area (Å²) in [6.07, 6.45) is 13.2. The Hall–Kier alpha value is -2.34. The number of aryl methyl sites for hydroxylation is 2. The molecule has 0 aliphatic rings. The van der Waals surface area contributed by atoms with Gasteiger partial charge in [0.15, 0.2) is 0 Å². The average Bonchev–Trinajstić information content (AvgIpc) is 2.65. The van der Waals surface area contributed by atoms with Crippen molar-refractivity contribution in [2.45, 2.75) is 32.6 Å². The lowest BCUT2D eigenvalue weighted by Crippen LogP contribution is -2.06. The number of rotatable bonds is 8. The Morgan fingerprint density at radius 1 is 0.962 bits per heavy atom. The molecule has 134 valence electrons. The first-order chi connectivity index (χ1) is 12.7. The van der Waals surface area contributed by atoms with Gasteiger partial charge in [-0.05, 0) is 77.0 Å². The van der Waals surface area contributed by atoms with Gasteiger partial charge in [0.05, 0.1) is 0 Å². The van der Waals surface area contributed by atoms with Crippen molar-refractivity contribution in [1.82, 2.24) is 19.9 Å². The van der Waals surface area contributed by atoms with Crippen molar-refractivity contribution in [2.24, 2.45) is 0 Å². The van der Waals surface area contributed by atoms with E-state index in [1.165, 1.54) is 16.8 Å². The van der Waals surface area contributed by atoms with Gasteiger partial charge in [-0.2, -0.15) is 0 Å². The van der Waals surface area contributed by atoms with Crippen molar-refractivity contribution < 1.29 is 0 Å². The lowest BCUT2D eigenvalue weighted by atomic mass is 10.1. The summed E-state index contributed by atoms with van der Waals surface area (Å²) in [7, 11) is 0. The van der Waals surface area contributed by atoms with E-state index >= 15 is 0 Å². The van der Waals surface area contributed by atoms with Gasteiger partial charge in [-0.1, -0.05) is 0 Å². The topological polar surface area (TPSA) is 63.6 Å².